The van der Waals surface area contributed by atoms with Crippen molar-refractivity contribution in [1.82, 2.24) is 10.3 Å². The van der Waals surface area contributed by atoms with Crippen LogP contribution in [0.15, 0.2) is 54.7 Å². The van der Waals surface area contributed by atoms with Crippen LogP contribution in [0.4, 0.5) is 22.0 Å². The van der Waals surface area contributed by atoms with Gasteiger partial charge >= 0.3 is 12.0 Å². The number of carbonyl (C=O) groups excluding carboxylic acids is 1. The van der Waals surface area contributed by atoms with Gasteiger partial charge in [0, 0.05) is 29.5 Å². The van der Waals surface area contributed by atoms with E-state index in [-0.39, 0.29) is 11.6 Å². The zero-order valence-corrected chi connectivity index (χ0v) is 14.1. The quantitative estimate of drug-likeness (QED) is 0.560. The predicted octanol–water partition coefficient (Wildman–Crippen LogP) is 3.82. The van der Waals surface area contributed by atoms with Crippen molar-refractivity contribution in [2.45, 2.75) is 6.92 Å². The van der Waals surface area contributed by atoms with E-state index >= 15 is 0 Å². The van der Waals surface area contributed by atoms with Gasteiger partial charge in [0.25, 0.3) is 0 Å². The summed E-state index contributed by atoms with van der Waals surface area (Å²) >= 11 is 0. The lowest BCUT2D eigenvalue weighted by Crippen LogP contribution is -2.28. The summed E-state index contributed by atoms with van der Waals surface area (Å²) in [5.41, 5.74) is 1.67. The number of carboxylic acids is 1. The number of hydrogen-bond acceptors (Lipinski definition) is 4. The standard InChI is InChI=1S/C19H18N4O3/c1-2-20-19(26)23-17-10-12-5-4-8-16(15(12)11-21-17)22-14-7-3-6-13(9-14)18(24)25/h3-11,22H,2H2,1H3,(H,24,25)(H2,20,21,23,26). The second-order valence-electron chi connectivity index (χ2n) is 5.59. The second-order valence-corrected chi connectivity index (χ2v) is 5.59. The van der Waals surface area contributed by atoms with Gasteiger partial charge in [-0.05, 0) is 42.6 Å². The molecule has 0 aliphatic rings. The fourth-order valence-electron chi connectivity index (χ4n) is 2.56. The van der Waals surface area contributed by atoms with Crippen LogP contribution in [-0.4, -0.2) is 28.6 Å². The van der Waals surface area contributed by atoms with Crippen LogP contribution in [-0.2, 0) is 0 Å². The van der Waals surface area contributed by atoms with Crippen LogP contribution in [0.1, 0.15) is 17.3 Å². The number of benzene rings is 2. The lowest BCUT2D eigenvalue weighted by molar-refractivity contribution is 0.0697. The molecule has 3 aromatic rings. The van der Waals surface area contributed by atoms with Gasteiger partial charge in [-0.25, -0.2) is 14.6 Å². The molecule has 0 fully saturated rings. The molecule has 0 unspecified atom stereocenters. The molecule has 2 amide bonds. The lowest BCUT2D eigenvalue weighted by Gasteiger charge is -2.11. The van der Waals surface area contributed by atoms with Crippen molar-refractivity contribution in [2.24, 2.45) is 0 Å². The number of carbonyl (C=O) groups is 2. The first-order chi connectivity index (χ1) is 12.6. The molecular formula is C19H18N4O3. The Morgan fingerprint density at radius 1 is 1.12 bits per heavy atom. The van der Waals surface area contributed by atoms with E-state index in [1.54, 1.807) is 30.5 Å². The third kappa shape index (κ3) is 3.89. The van der Waals surface area contributed by atoms with Crippen LogP contribution in [0.5, 0.6) is 0 Å². The van der Waals surface area contributed by atoms with Gasteiger partial charge in [0.15, 0.2) is 0 Å². The Balaban J connectivity index is 1.89. The molecule has 1 heterocycles. The monoisotopic (exact) mass is 350 g/mol. The first-order valence-electron chi connectivity index (χ1n) is 8.11. The van der Waals surface area contributed by atoms with Crippen LogP contribution in [0.25, 0.3) is 10.8 Å². The molecule has 0 saturated carbocycles. The minimum absolute atomic E-state index is 0.210. The van der Waals surface area contributed by atoms with E-state index in [1.807, 2.05) is 25.1 Å². The van der Waals surface area contributed by atoms with E-state index < -0.39 is 5.97 Å². The van der Waals surface area contributed by atoms with Crippen molar-refractivity contribution < 1.29 is 14.7 Å². The van der Waals surface area contributed by atoms with Gasteiger partial charge in [-0.2, -0.15) is 0 Å². The number of nitrogens with one attached hydrogen (secondary N) is 3. The van der Waals surface area contributed by atoms with E-state index in [1.165, 1.54) is 6.07 Å². The Labute approximate surface area is 150 Å². The summed E-state index contributed by atoms with van der Waals surface area (Å²) in [6, 6.07) is 13.7. The molecule has 4 N–H and O–H groups in total. The maximum Gasteiger partial charge on any atom is 0.335 e. The van der Waals surface area contributed by atoms with Crippen LogP contribution in [0, 0.1) is 0 Å². The SMILES string of the molecule is CCNC(=O)Nc1cc2cccc(Nc3cccc(C(=O)O)c3)c2cn1. The molecule has 0 bridgehead atoms. The number of hydrogen-bond donors (Lipinski definition) is 4. The third-order valence-corrected chi connectivity index (χ3v) is 3.73. The number of amides is 2. The number of pyridine rings is 1. The van der Waals surface area contributed by atoms with Crippen LogP contribution in [0.3, 0.4) is 0 Å². The lowest BCUT2D eigenvalue weighted by atomic mass is 10.1. The van der Waals surface area contributed by atoms with E-state index in [0.717, 1.165) is 16.5 Å². The summed E-state index contributed by atoms with van der Waals surface area (Å²) in [5, 5.41) is 19.4. The number of aromatic nitrogens is 1. The van der Waals surface area contributed by atoms with Gasteiger partial charge in [-0.15, -0.1) is 0 Å². The van der Waals surface area contributed by atoms with Crippen molar-refractivity contribution in [3.63, 3.8) is 0 Å². The zero-order valence-electron chi connectivity index (χ0n) is 14.1. The molecule has 0 aliphatic carbocycles. The van der Waals surface area contributed by atoms with Gasteiger partial charge in [0.2, 0.25) is 0 Å². The Bertz CT molecular complexity index is 972. The maximum absolute atomic E-state index is 11.6. The van der Waals surface area contributed by atoms with Crippen molar-refractivity contribution in [1.29, 1.82) is 0 Å². The number of nitrogens with zero attached hydrogens (tertiary/aromatic N) is 1. The zero-order chi connectivity index (χ0) is 18.5. The minimum atomic E-state index is -0.977. The topological polar surface area (TPSA) is 103 Å². The number of aromatic carboxylic acids is 1. The van der Waals surface area contributed by atoms with Crippen molar-refractivity contribution >= 4 is 40.0 Å². The minimum Gasteiger partial charge on any atom is -0.478 e. The van der Waals surface area contributed by atoms with Crippen LogP contribution >= 0.6 is 0 Å². The molecule has 132 valence electrons. The van der Waals surface area contributed by atoms with E-state index in [0.29, 0.717) is 18.1 Å². The summed E-state index contributed by atoms with van der Waals surface area (Å²) < 4.78 is 0. The molecule has 0 aliphatic heterocycles. The van der Waals surface area contributed by atoms with Crippen molar-refractivity contribution in [2.75, 3.05) is 17.2 Å². The number of anilines is 3. The Morgan fingerprint density at radius 3 is 2.69 bits per heavy atom. The smallest absolute Gasteiger partial charge is 0.335 e. The van der Waals surface area contributed by atoms with Gasteiger partial charge in [-0.3, -0.25) is 5.32 Å². The fourth-order valence-corrected chi connectivity index (χ4v) is 2.56. The Kier molecular flexibility index (Phi) is 4.98. The summed E-state index contributed by atoms with van der Waals surface area (Å²) in [7, 11) is 0. The highest BCUT2D eigenvalue weighted by atomic mass is 16.4. The average Bonchev–Trinajstić information content (AvgIpc) is 2.62. The molecule has 1 aromatic heterocycles. The maximum atomic E-state index is 11.6. The van der Waals surface area contributed by atoms with Crippen LogP contribution < -0.4 is 16.0 Å². The van der Waals surface area contributed by atoms with Gasteiger partial charge < -0.3 is 15.7 Å². The normalized spacial score (nSPS) is 10.3. The number of rotatable bonds is 5. The molecular weight excluding hydrogens is 332 g/mol. The van der Waals surface area contributed by atoms with E-state index in [9.17, 15) is 9.59 Å². The summed E-state index contributed by atoms with van der Waals surface area (Å²) in [4.78, 5) is 27.0. The molecule has 0 spiro atoms. The molecule has 7 nitrogen and oxygen atoms in total. The first kappa shape index (κ1) is 17.2. The highest BCUT2D eigenvalue weighted by molar-refractivity contribution is 5.98. The Hall–Kier alpha value is -3.61. The summed E-state index contributed by atoms with van der Waals surface area (Å²) in [6.45, 7) is 2.37. The number of carboxylic acid groups (broad SMARTS) is 1. The van der Waals surface area contributed by atoms with Crippen molar-refractivity contribution in [3.8, 4) is 0 Å². The number of urea groups is 1. The average molecular weight is 350 g/mol. The van der Waals surface area contributed by atoms with Crippen molar-refractivity contribution in [3.05, 3.63) is 60.3 Å². The van der Waals surface area contributed by atoms with E-state index in [4.69, 9.17) is 5.11 Å². The predicted molar refractivity (Wildman–Crippen MR) is 101 cm³/mol. The van der Waals surface area contributed by atoms with Gasteiger partial charge in [0.1, 0.15) is 5.82 Å². The van der Waals surface area contributed by atoms with Gasteiger partial charge in [-0.1, -0.05) is 18.2 Å². The molecule has 7 heteroatoms. The molecule has 0 saturated heterocycles. The highest BCUT2D eigenvalue weighted by Crippen LogP contribution is 2.27. The second kappa shape index (κ2) is 7.52. The van der Waals surface area contributed by atoms with Gasteiger partial charge in [0.05, 0.1) is 5.56 Å². The molecule has 2 aromatic carbocycles. The summed E-state index contributed by atoms with van der Waals surface area (Å²) in [5.74, 6) is -0.525. The Morgan fingerprint density at radius 2 is 1.92 bits per heavy atom. The fraction of sp³-hybridized carbons (Fsp3) is 0.105. The largest absolute Gasteiger partial charge is 0.478 e. The first-order valence-corrected chi connectivity index (χ1v) is 8.11. The third-order valence-electron chi connectivity index (χ3n) is 3.73. The highest BCUT2D eigenvalue weighted by Gasteiger charge is 2.07. The van der Waals surface area contributed by atoms with Crippen LogP contribution in [0.2, 0.25) is 0 Å². The molecule has 26 heavy (non-hydrogen) atoms. The summed E-state index contributed by atoms with van der Waals surface area (Å²) in [6.07, 6.45) is 1.67. The molecule has 3 rings (SSSR count). The van der Waals surface area contributed by atoms with E-state index in [2.05, 4.69) is 20.9 Å². The molecule has 0 atom stereocenters. The number of fused-ring (bicyclic) bond motifs is 1. The molecule has 0 radical (unpaired) electrons.